The van der Waals surface area contributed by atoms with E-state index in [4.69, 9.17) is 14.2 Å². The van der Waals surface area contributed by atoms with Crippen LogP contribution >= 0.6 is 15.9 Å². The lowest BCUT2D eigenvalue weighted by atomic mass is 10.1. The van der Waals surface area contributed by atoms with Crippen molar-refractivity contribution in [2.24, 2.45) is 0 Å². The van der Waals surface area contributed by atoms with Crippen LogP contribution in [0.4, 0.5) is 0 Å². The molecule has 1 saturated carbocycles. The first-order valence-corrected chi connectivity index (χ1v) is 14.2. The van der Waals surface area contributed by atoms with Gasteiger partial charge in [0, 0.05) is 23.5 Å². The van der Waals surface area contributed by atoms with E-state index in [1.165, 1.54) is 37.9 Å². The third-order valence-corrected chi connectivity index (χ3v) is 7.22. The first-order valence-electron chi connectivity index (χ1n) is 13.4. The summed E-state index contributed by atoms with van der Waals surface area (Å²) in [4.78, 5) is 14.5. The van der Waals surface area contributed by atoms with Crippen LogP contribution in [-0.2, 0) is 25.4 Å². The van der Waals surface area contributed by atoms with Crippen molar-refractivity contribution in [3.8, 4) is 0 Å². The van der Waals surface area contributed by atoms with Crippen LogP contribution in [0.25, 0.3) is 0 Å². The monoisotopic (exact) mass is 549 g/mol. The Morgan fingerprint density at radius 2 is 1.80 bits per heavy atom. The van der Waals surface area contributed by atoms with E-state index in [1.807, 2.05) is 32.9 Å². The summed E-state index contributed by atoms with van der Waals surface area (Å²) in [5.74, 6) is -0.152. The van der Waals surface area contributed by atoms with Gasteiger partial charge >= 0.3 is 5.97 Å². The molecule has 1 saturated heterocycles. The maximum absolute atomic E-state index is 11.9. The second-order valence-electron chi connectivity index (χ2n) is 10.8. The molecule has 0 aromatic heterocycles. The summed E-state index contributed by atoms with van der Waals surface area (Å²) in [5.41, 5.74) is 0.919. The number of nitrogens with zero attached hydrogens (tertiary/aromatic N) is 1. The standard InChI is InChI=1S/C29H44BrNO4/c1-29(2,3)35-27(32)12-6-4-9-21-34-28-25(31-19-7-5-8-20-31)17-18-26(28)33-22-10-11-23-13-15-24(30)16-14-23/h4,9,13-16,25-26,28H,5-8,10-12,17-22H2,1-3H3/t25-,26+,28+/m1/s1. The van der Waals surface area contributed by atoms with Crippen molar-refractivity contribution in [1.82, 2.24) is 4.90 Å². The predicted molar refractivity (Wildman–Crippen MR) is 145 cm³/mol. The van der Waals surface area contributed by atoms with E-state index in [-0.39, 0.29) is 18.2 Å². The lowest BCUT2D eigenvalue weighted by Crippen LogP contribution is -2.47. The molecule has 1 aromatic carbocycles. The van der Waals surface area contributed by atoms with E-state index >= 15 is 0 Å². The van der Waals surface area contributed by atoms with Gasteiger partial charge in [-0.15, -0.1) is 0 Å². The molecule has 1 aliphatic carbocycles. The second kappa shape index (κ2) is 14.5. The van der Waals surface area contributed by atoms with Gasteiger partial charge in [-0.25, -0.2) is 0 Å². The Kier molecular flexibility index (Phi) is 11.8. The zero-order chi connectivity index (χ0) is 25.1. The quantitative estimate of drug-likeness (QED) is 0.169. The molecule has 5 nitrogen and oxygen atoms in total. The molecule has 0 bridgehead atoms. The number of piperidine rings is 1. The summed E-state index contributed by atoms with van der Waals surface area (Å²) >= 11 is 3.50. The molecule has 0 radical (unpaired) electrons. The van der Waals surface area contributed by atoms with Crippen molar-refractivity contribution >= 4 is 21.9 Å². The minimum Gasteiger partial charge on any atom is -0.460 e. The summed E-state index contributed by atoms with van der Waals surface area (Å²) < 4.78 is 19.3. The number of ether oxygens (including phenoxy) is 3. The van der Waals surface area contributed by atoms with Crippen LogP contribution in [0, 0.1) is 0 Å². The Balaban J connectivity index is 1.44. The van der Waals surface area contributed by atoms with Crippen molar-refractivity contribution in [1.29, 1.82) is 0 Å². The van der Waals surface area contributed by atoms with Crippen LogP contribution in [0.5, 0.6) is 0 Å². The van der Waals surface area contributed by atoms with Gasteiger partial charge in [0.25, 0.3) is 0 Å². The third-order valence-electron chi connectivity index (χ3n) is 6.69. The molecule has 1 aliphatic heterocycles. The van der Waals surface area contributed by atoms with Gasteiger partial charge in [-0.1, -0.05) is 46.6 Å². The molecule has 3 rings (SSSR count). The summed E-state index contributed by atoms with van der Waals surface area (Å²) in [6.07, 6.45) is 13.6. The SMILES string of the molecule is CC(C)(C)OC(=O)CCC=CCO[C@@H]1[C@@H](OCCCc2ccc(Br)cc2)CC[C@H]1N1CCCCC1. The second-order valence-corrected chi connectivity index (χ2v) is 11.7. The summed E-state index contributed by atoms with van der Waals surface area (Å²) in [6, 6.07) is 8.99. The molecule has 2 aliphatic rings. The largest absolute Gasteiger partial charge is 0.460 e. The number of allylic oxidation sites excluding steroid dienone is 1. The highest BCUT2D eigenvalue weighted by Crippen LogP contribution is 2.31. The van der Waals surface area contributed by atoms with Gasteiger partial charge in [-0.2, -0.15) is 0 Å². The lowest BCUT2D eigenvalue weighted by Gasteiger charge is -2.36. The van der Waals surface area contributed by atoms with Crippen molar-refractivity contribution in [2.75, 3.05) is 26.3 Å². The number of hydrogen-bond donors (Lipinski definition) is 0. The van der Waals surface area contributed by atoms with Crippen LogP contribution in [0.2, 0.25) is 0 Å². The average molecular weight is 551 g/mol. The first kappa shape index (κ1) is 28.4. The Hall–Kier alpha value is -1.21. The van der Waals surface area contributed by atoms with Gasteiger partial charge in [0.2, 0.25) is 0 Å². The number of aryl methyl sites for hydroxylation is 1. The summed E-state index contributed by atoms with van der Waals surface area (Å²) in [6.45, 7) is 9.36. The van der Waals surface area contributed by atoms with Crippen molar-refractivity contribution < 1.29 is 19.0 Å². The fraction of sp³-hybridized carbons (Fsp3) is 0.690. The van der Waals surface area contributed by atoms with E-state index < -0.39 is 5.60 Å². The predicted octanol–water partition coefficient (Wildman–Crippen LogP) is 6.48. The molecular weight excluding hydrogens is 506 g/mol. The molecule has 0 unspecified atom stereocenters. The lowest BCUT2D eigenvalue weighted by molar-refractivity contribution is -0.154. The molecule has 6 heteroatoms. The minimum atomic E-state index is -0.427. The van der Waals surface area contributed by atoms with Crippen LogP contribution in [0.1, 0.15) is 77.7 Å². The molecule has 1 aromatic rings. The molecule has 1 heterocycles. The fourth-order valence-corrected chi connectivity index (χ4v) is 5.32. The number of esters is 1. The molecule has 3 atom stereocenters. The summed E-state index contributed by atoms with van der Waals surface area (Å²) in [7, 11) is 0. The molecule has 2 fully saturated rings. The van der Waals surface area contributed by atoms with E-state index in [2.05, 4.69) is 45.1 Å². The van der Waals surface area contributed by atoms with Crippen LogP contribution in [-0.4, -0.2) is 61.0 Å². The number of carbonyl (C=O) groups excluding carboxylic acids is 1. The van der Waals surface area contributed by atoms with Gasteiger partial charge in [0.05, 0.1) is 18.8 Å². The van der Waals surface area contributed by atoms with E-state index in [1.54, 1.807) is 0 Å². The smallest absolute Gasteiger partial charge is 0.306 e. The number of carbonyl (C=O) groups is 1. The molecule has 196 valence electrons. The third kappa shape index (κ3) is 10.4. The highest BCUT2D eigenvalue weighted by Gasteiger charge is 2.41. The van der Waals surface area contributed by atoms with Gasteiger partial charge in [-0.05, 0) is 96.5 Å². The number of rotatable bonds is 12. The van der Waals surface area contributed by atoms with Gasteiger partial charge in [0.1, 0.15) is 5.60 Å². The topological polar surface area (TPSA) is 48.0 Å². The molecular formula is C29H44BrNO4. The minimum absolute atomic E-state index is 0.108. The first-order chi connectivity index (χ1) is 16.8. The zero-order valence-electron chi connectivity index (χ0n) is 21.8. The Labute approximate surface area is 220 Å². The van der Waals surface area contributed by atoms with Crippen LogP contribution in [0.3, 0.4) is 0 Å². The van der Waals surface area contributed by atoms with Crippen molar-refractivity contribution in [3.05, 3.63) is 46.5 Å². The molecule has 0 spiro atoms. The number of likely N-dealkylation sites (tertiary alicyclic amines) is 1. The highest BCUT2D eigenvalue weighted by atomic mass is 79.9. The van der Waals surface area contributed by atoms with E-state index in [0.29, 0.717) is 25.5 Å². The van der Waals surface area contributed by atoms with Crippen molar-refractivity contribution in [2.45, 2.75) is 102 Å². The number of hydrogen-bond acceptors (Lipinski definition) is 5. The maximum Gasteiger partial charge on any atom is 0.306 e. The fourth-order valence-electron chi connectivity index (χ4n) is 5.06. The molecule has 0 amide bonds. The van der Waals surface area contributed by atoms with Crippen LogP contribution < -0.4 is 0 Å². The highest BCUT2D eigenvalue weighted by molar-refractivity contribution is 9.10. The van der Waals surface area contributed by atoms with Gasteiger partial charge in [-0.3, -0.25) is 9.69 Å². The van der Waals surface area contributed by atoms with Gasteiger partial charge < -0.3 is 14.2 Å². The Bertz CT molecular complexity index is 783. The normalized spacial score (nSPS) is 23.7. The zero-order valence-corrected chi connectivity index (χ0v) is 23.4. The summed E-state index contributed by atoms with van der Waals surface area (Å²) in [5, 5.41) is 0. The van der Waals surface area contributed by atoms with Gasteiger partial charge in [0.15, 0.2) is 0 Å². The number of benzene rings is 1. The van der Waals surface area contributed by atoms with Crippen LogP contribution in [0.15, 0.2) is 40.9 Å². The van der Waals surface area contributed by atoms with Crippen molar-refractivity contribution in [3.63, 3.8) is 0 Å². The number of halogens is 1. The van der Waals surface area contributed by atoms with E-state index in [0.717, 1.165) is 36.8 Å². The molecule has 0 N–H and O–H groups in total. The average Bonchev–Trinajstić information content (AvgIpc) is 3.22. The van der Waals surface area contributed by atoms with E-state index in [9.17, 15) is 4.79 Å². The molecule has 35 heavy (non-hydrogen) atoms. The maximum atomic E-state index is 11.9. The Morgan fingerprint density at radius 3 is 2.51 bits per heavy atom. The Morgan fingerprint density at radius 1 is 1.06 bits per heavy atom.